The van der Waals surface area contributed by atoms with Crippen molar-refractivity contribution in [2.24, 2.45) is 14.1 Å². The van der Waals surface area contributed by atoms with E-state index in [-0.39, 0.29) is 5.69 Å². The molecule has 0 bridgehead atoms. The summed E-state index contributed by atoms with van der Waals surface area (Å²) in [5, 5.41) is 4.24. The van der Waals surface area contributed by atoms with E-state index in [0.29, 0.717) is 0 Å². The molecular weight excluding hydrogens is 432 g/mol. The van der Waals surface area contributed by atoms with E-state index in [4.69, 9.17) is 18.6 Å². The zero-order valence-corrected chi connectivity index (χ0v) is 18.4. The second-order valence-electron chi connectivity index (χ2n) is 6.31. The van der Waals surface area contributed by atoms with Crippen LogP contribution in [0.1, 0.15) is 21.8 Å². The van der Waals surface area contributed by atoms with Crippen LogP contribution in [0.3, 0.4) is 0 Å². The molecule has 0 aliphatic rings. The van der Waals surface area contributed by atoms with Crippen LogP contribution < -0.4 is 34.2 Å². The highest BCUT2D eigenvalue weighted by Gasteiger charge is 2.09. The maximum Gasteiger partial charge on any atom is 0.497 e. The Bertz CT molecular complexity index is 1100. The lowest BCUT2D eigenvalue weighted by molar-refractivity contribution is -2.00. The maximum absolute atomic E-state index is 12.0. The normalized spacial score (nSPS) is 11.3. The number of anilines is 2. The number of para-hydroxylation sites is 1. The molecule has 30 heavy (non-hydrogen) atoms. The SMILES string of the molecule is Cc1ccccc1Nc1nc(C)c(C=Cc2cc[n+](C)c(=O)n2C)s1.[O-][Cl+3]([O-])([O-])[O-]. The largest absolute Gasteiger partial charge is 0.497 e. The molecule has 0 fully saturated rings. The molecule has 2 heterocycles. The fourth-order valence-corrected chi connectivity index (χ4v) is 3.37. The van der Waals surface area contributed by atoms with Crippen LogP contribution >= 0.6 is 11.3 Å². The summed E-state index contributed by atoms with van der Waals surface area (Å²) in [6, 6.07) is 10.1. The van der Waals surface area contributed by atoms with Crippen LogP contribution in [0.25, 0.3) is 12.2 Å². The molecule has 0 aliphatic heterocycles. The smallest absolute Gasteiger partial charge is 0.331 e. The third-order valence-corrected chi connectivity index (χ3v) is 5.11. The first-order valence-corrected chi connectivity index (χ1v) is 10.7. The highest BCUT2D eigenvalue weighted by molar-refractivity contribution is 7.16. The number of aromatic nitrogens is 3. The van der Waals surface area contributed by atoms with Gasteiger partial charge in [0.2, 0.25) is 0 Å². The van der Waals surface area contributed by atoms with Crippen molar-refractivity contribution < 1.29 is 33.4 Å². The van der Waals surface area contributed by atoms with Gasteiger partial charge in [-0.05, 0) is 37.6 Å². The summed E-state index contributed by atoms with van der Waals surface area (Å²) in [4.78, 5) is 17.6. The van der Waals surface area contributed by atoms with Crippen molar-refractivity contribution in [3.63, 3.8) is 0 Å². The first-order chi connectivity index (χ1) is 14.0. The van der Waals surface area contributed by atoms with Gasteiger partial charge in [0.05, 0.1) is 30.9 Å². The minimum absolute atomic E-state index is 0.0508. The van der Waals surface area contributed by atoms with Crippen LogP contribution in [0.4, 0.5) is 10.8 Å². The number of benzene rings is 1. The van der Waals surface area contributed by atoms with Crippen LogP contribution in [0.2, 0.25) is 0 Å². The standard InChI is InChI=1S/C19H20N4OS.ClHO4/c1-13-7-5-6-8-16(13)21-18-20-14(2)17(25-18)10-9-15-11-12-22(3)19(24)23(15)4;2-1(3,4)5/h5-12H,1-4H3;(H,2,3,4,5). The summed E-state index contributed by atoms with van der Waals surface area (Å²) in [6.07, 6.45) is 5.72. The number of thiazole rings is 1. The van der Waals surface area contributed by atoms with Gasteiger partial charge in [0, 0.05) is 11.8 Å². The molecule has 1 aromatic carbocycles. The van der Waals surface area contributed by atoms with E-state index in [9.17, 15) is 4.79 Å². The third kappa shape index (κ3) is 7.02. The zero-order valence-electron chi connectivity index (χ0n) is 16.8. The van der Waals surface area contributed by atoms with E-state index in [0.717, 1.165) is 27.1 Å². The molecule has 2 aromatic heterocycles. The van der Waals surface area contributed by atoms with Crippen molar-refractivity contribution in [3.8, 4) is 0 Å². The second kappa shape index (κ2) is 9.94. The van der Waals surface area contributed by atoms with Crippen LogP contribution in [-0.4, -0.2) is 9.55 Å². The van der Waals surface area contributed by atoms with E-state index in [1.807, 2.05) is 43.3 Å². The average molecular weight is 453 g/mol. The Balaban J connectivity index is 0.000000575. The summed E-state index contributed by atoms with van der Waals surface area (Å²) in [5.74, 6) is 0. The summed E-state index contributed by atoms with van der Waals surface area (Å²) in [5.41, 5.74) is 4.00. The Hall–Kier alpha value is -2.60. The van der Waals surface area contributed by atoms with Crippen molar-refractivity contribution in [1.82, 2.24) is 9.55 Å². The Morgan fingerprint density at radius 1 is 1.13 bits per heavy atom. The number of hydrogen-bond donors (Lipinski definition) is 1. The number of halogens is 1. The molecule has 160 valence electrons. The average Bonchev–Trinajstić information content (AvgIpc) is 2.99. The van der Waals surface area contributed by atoms with Gasteiger partial charge in [0.25, 0.3) is 0 Å². The van der Waals surface area contributed by atoms with E-state index < -0.39 is 10.2 Å². The van der Waals surface area contributed by atoms with Crippen molar-refractivity contribution in [2.75, 3.05) is 5.32 Å². The Morgan fingerprint density at radius 2 is 1.77 bits per heavy atom. The van der Waals surface area contributed by atoms with E-state index >= 15 is 0 Å². The van der Waals surface area contributed by atoms with Gasteiger partial charge in [-0.3, -0.25) is 0 Å². The van der Waals surface area contributed by atoms with E-state index in [1.165, 1.54) is 5.56 Å². The van der Waals surface area contributed by atoms with Crippen LogP contribution in [0.5, 0.6) is 0 Å². The first kappa shape index (κ1) is 23.7. The molecule has 0 radical (unpaired) electrons. The summed E-state index contributed by atoms with van der Waals surface area (Å²) in [7, 11) is -1.43. The van der Waals surface area contributed by atoms with E-state index in [2.05, 4.69) is 23.3 Å². The predicted molar refractivity (Wildman–Crippen MR) is 103 cm³/mol. The molecule has 0 amide bonds. The Kier molecular flexibility index (Phi) is 7.84. The lowest BCUT2D eigenvalue weighted by atomic mass is 10.2. The van der Waals surface area contributed by atoms with Gasteiger partial charge < -0.3 is 5.32 Å². The maximum atomic E-state index is 12.0. The van der Waals surface area contributed by atoms with Crippen molar-refractivity contribution in [3.05, 3.63) is 68.8 Å². The molecule has 11 heteroatoms. The van der Waals surface area contributed by atoms with E-state index in [1.54, 1.807) is 40.8 Å². The van der Waals surface area contributed by atoms with Crippen molar-refractivity contribution >= 4 is 34.3 Å². The molecule has 0 saturated carbocycles. The van der Waals surface area contributed by atoms with Gasteiger partial charge in [-0.2, -0.15) is 9.36 Å². The lowest BCUT2D eigenvalue weighted by Crippen LogP contribution is -2.68. The molecule has 0 unspecified atom stereocenters. The molecule has 0 aliphatic carbocycles. The molecule has 9 nitrogen and oxygen atoms in total. The van der Waals surface area contributed by atoms with Gasteiger partial charge in [0.1, 0.15) is 5.69 Å². The van der Waals surface area contributed by atoms with Gasteiger partial charge >= 0.3 is 5.69 Å². The molecule has 0 atom stereocenters. The highest BCUT2D eigenvalue weighted by Crippen LogP contribution is 2.28. The molecular formula is C19H21ClN4O5S. The van der Waals surface area contributed by atoms with Crippen LogP contribution in [0, 0.1) is 24.1 Å². The van der Waals surface area contributed by atoms with Crippen LogP contribution in [-0.2, 0) is 14.1 Å². The molecule has 0 saturated heterocycles. The molecule has 3 rings (SSSR count). The van der Waals surface area contributed by atoms with Gasteiger partial charge in [0.15, 0.2) is 5.13 Å². The molecule has 1 N–H and O–H groups in total. The number of nitrogens with one attached hydrogen (secondary N) is 1. The summed E-state index contributed by atoms with van der Waals surface area (Å²) < 4.78 is 37.2. The summed E-state index contributed by atoms with van der Waals surface area (Å²) >= 11 is 1.59. The monoisotopic (exact) mass is 452 g/mol. The number of rotatable bonds is 4. The van der Waals surface area contributed by atoms with Gasteiger partial charge in [-0.25, -0.2) is 28.2 Å². The number of hydrogen-bond acceptors (Lipinski definition) is 8. The highest BCUT2D eigenvalue weighted by atomic mass is 35.7. The van der Waals surface area contributed by atoms with Crippen molar-refractivity contribution in [1.29, 1.82) is 0 Å². The Labute approximate surface area is 179 Å². The second-order valence-corrected chi connectivity index (χ2v) is 8.10. The lowest BCUT2D eigenvalue weighted by Gasteiger charge is -2.17. The van der Waals surface area contributed by atoms with Gasteiger partial charge in [-0.15, -0.1) is 10.2 Å². The minimum Gasteiger partial charge on any atom is -0.331 e. The quantitative estimate of drug-likeness (QED) is 0.471. The predicted octanol–water partition coefficient (Wildman–Crippen LogP) is -1.56. The molecule has 3 aromatic rings. The number of nitrogens with zero attached hydrogens (tertiary/aromatic N) is 3. The fraction of sp³-hybridized carbons (Fsp3) is 0.211. The van der Waals surface area contributed by atoms with Gasteiger partial charge in [-0.1, -0.05) is 29.5 Å². The topological polar surface area (TPSA) is 143 Å². The fourth-order valence-electron chi connectivity index (χ4n) is 2.48. The minimum atomic E-state index is -4.94. The van der Waals surface area contributed by atoms with Crippen molar-refractivity contribution in [2.45, 2.75) is 13.8 Å². The molecule has 0 spiro atoms. The third-order valence-electron chi connectivity index (χ3n) is 4.07. The first-order valence-electron chi connectivity index (χ1n) is 8.61. The number of aryl methyl sites for hydroxylation is 3. The zero-order chi connectivity index (χ0) is 22.5. The Morgan fingerprint density at radius 3 is 2.40 bits per heavy atom. The summed E-state index contributed by atoms with van der Waals surface area (Å²) in [6.45, 7) is 4.06. The van der Waals surface area contributed by atoms with Crippen LogP contribution in [0.15, 0.2) is 41.3 Å².